The summed E-state index contributed by atoms with van der Waals surface area (Å²) in [6, 6.07) is 3.60. The van der Waals surface area contributed by atoms with E-state index in [0.29, 0.717) is 29.9 Å². The van der Waals surface area contributed by atoms with Gasteiger partial charge in [-0.25, -0.2) is 0 Å². The van der Waals surface area contributed by atoms with Crippen LogP contribution in [-0.2, 0) is 4.74 Å². The summed E-state index contributed by atoms with van der Waals surface area (Å²) in [6.45, 7) is 1.99. The monoisotopic (exact) mass is 278 g/mol. The fourth-order valence-corrected chi connectivity index (χ4v) is 3.32. The maximum absolute atomic E-state index is 12.5. The normalized spacial score (nSPS) is 21.8. The Kier molecular flexibility index (Phi) is 3.41. The number of pyridine rings is 1. The van der Waals surface area contributed by atoms with E-state index >= 15 is 0 Å². The second kappa shape index (κ2) is 5.06. The van der Waals surface area contributed by atoms with Gasteiger partial charge in [-0.15, -0.1) is 0 Å². The van der Waals surface area contributed by atoms with Crippen molar-refractivity contribution in [2.24, 2.45) is 0 Å². The molecule has 0 radical (unpaired) electrons. The predicted molar refractivity (Wildman–Crippen MR) is 74.7 cm³/mol. The van der Waals surface area contributed by atoms with E-state index in [1.807, 2.05) is 11.0 Å². The molecule has 1 aliphatic carbocycles. The Bertz CT molecular complexity index is 534. The molecule has 102 valence electrons. The minimum absolute atomic E-state index is 0.0245. The number of aromatic nitrogens is 1. The molecule has 0 atom stereocenters. The van der Waals surface area contributed by atoms with E-state index in [9.17, 15) is 4.79 Å². The van der Waals surface area contributed by atoms with Crippen LogP contribution in [0.15, 0.2) is 18.3 Å². The Morgan fingerprint density at radius 1 is 1.42 bits per heavy atom. The number of hydrogen-bond acceptors (Lipinski definition) is 3. The Labute approximate surface area is 117 Å². The van der Waals surface area contributed by atoms with Crippen molar-refractivity contribution in [3.05, 3.63) is 28.5 Å². The summed E-state index contributed by atoms with van der Waals surface area (Å²) < 4.78 is 6.46. The number of ether oxygens (including phenoxy) is 1. The molecule has 1 N–H and O–H groups in total. The van der Waals surface area contributed by atoms with Crippen LogP contribution in [0.4, 0.5) is 0 Å². The molecular weight excluding hydrogens is 260 g/mol. The van der Waals surface area contributed by atoms with Gasteiger partial charge in [-0.2, -0.15) is 0 Å². The number of morpholine rings is 1. The molecular formula is C14H18N2O2S. The summed E-state index contributed by atoms with van der Waals surface area (Å²) in [5.41, 5.74) is 0.501. The molecule has 1 saturated heterocycles. The highest BCUT2D eigenvalue weighted by Gasteiger charge is 2.40. The van der Waals surface area contributed by atoms with Crippen LogP contribution in [0.3, 0.4) is 0 Å². The predicted octanol–water partition coefficient (Wildman–Crippen LogP) is 2.53. The lowest BCUT2D eigenvalue weighted by atomic mass is 9.99. The number of hydrogen-bond donors (Lipinski definition) is 1. The second-order valence-electron chi connectivity index (χ2n) is 5.38. The van der Waals surface area contributed by atoms with Crippen molar-refractivity contribution in [3.63, 3.8) is 0 Å². The van der Waals surface area contributed by atoms with E-state index in [0.717, 1.165) is 12.8 Å². The Balaban J connectivity index is 1.80. The zero-order valence-electron chi connectivity index (χ0n) is 10.9. The van der Waals surface area contributed by atoms with Gasteiger partial charge in [0.15, 0.2) is 0 Å². The summed E-state index contributed by atoms with van der Waals surface area (Å²) in [7, 11) is 0. The lowest BCUT2D eigenvalue weighted by Crippen LogP contribution is -2.52. The summed E-state index contributed by atoms with van der Waals surface area (Å²) in [6.07, 6.45) is 6.29. The number of carbonyl (C=O) groups is 1. The summed E-state index contributed by atoms with van der Waals surface area (Å²) in [5, 5.41) is 0. The zero-order chi connectivity index (χ0) is 13.3. The topological polar surface area (TPSA) is 45.3 Å². The number of amides is 1. The van der Waals surface area contributed by atoms with E-state index in [2.05, 4.69) is 4.98 Å². The highest BCUT2D eigenvalue weighted by Crippen LogP contribution is 2.36. The molecule has 3 rings (SSSR count). The van der Waals surface area contributed by atoms with E-state index in [1.165, 1.54) is 12.8 Å². The van der Waals surface area contributed by atoms with Gasteiger partial charge >= 0.3 is 0 Å². The molecule has 1 aromatic rings. The number of aromatic amines is 1. The fraction of sp³-hybridized carbons (Fsp3) is 0.571. The summed E-state index contributed by atoms with van der Waals surface area (Å²) in [5.74, 6) is 0.0245. The van der Waals surface area contributed by atoms with Crippen molar-refractivity contribution in [2.75, 3.05) is 19.7 Å². The van der Waals surface area contributed by atoms with Crippen molar-refractivity contribution in [1.82, 2.24) is 9.88 Å². The average Bonchev–Trinajstić information content (AvgIpc) is 2.86. The van der Waals surface area contributed by atoms with Gasteiger partial charge in [-0.1, -0.05) is 25.1 Å². The first-order valence-corrected chi connectivity index (χ1v) is 7.22. The van der Waals surface area contributed by atoms with Crippen molar-refractivity contribution in [1.29, 1.82) is 0 Å². The lowest BCUT2D eigenvalue weighted by Gasteiger charge is -2.40. The number of nitrogens with zero attached hydrogens (tertiary/aromatic N) is 1. The van der Waals surface area contributed by atoms with Crippen LogP contribution in [-0.4, -0.2) is 41.1 Å². The smallest absolute Gasteiger partial charge is 0.257 e. The van der Waals surface area contributed by atoms with Crippen LogP contribution < -0.4 is 0 Å². The van der Waals surface area contributed by atoms with Crippen LogP contribution in [0, 0.1) is 4.64 Å². The Morgan fingerprint density at radius 3 is 2.95 bits per heavy atom. The van der Waals surface area contributed by atoms with Gasteiger partial charge in [0, 0.05) is 12.7 Å². The first-order valence-electron chi connectivity index (χ1n) is 6.81. The molecule has 1 amide bonds. The first-order chi connectivity index (χ1) is 9.20. The molecule has 2 fully saturated rings. The quantitative estimate of drug-likeness (QED) is 0.803. The molecule has 5 heteroatoms. The van der Waals surface area contributed by atoms with Gasteiger partial charge < -0.3 is 14.6 Å². The van der Waals surface area contributed by atoms with E-state index in [1.54, 1.807) is 12.3 Å². The number of H-pyrrole nitrogens is 1. The van der Waals surface area contributed by atoms with Gasteiger partial charge in [0.05, 0.1) is 24.3 Å². The Morgan fingerprint density at radius 2 is 2.21 bits per heavy atom. The Hall–Kier alpha value is -1.20. The SMILES string of the molecule is O=C(c1ccc[nH]c1=S)N1CCOC2(CCCC2)C1. The minimum Gasteiger partial charge on any atom is -0.371 e. The third kappa shape index (κ3) is 2.44. The highest BCUT2D eigenvalue weighted by molar-refractivity contribution is 7.71. The largest absolute Gasteiger partial charge is 0.371 e. The molecule has 19 heavy (non-hydrogen) atoms. The van der Waals surface area contributed by atoms with Crippen molar-refractivity contribution in [2.45, 2.75) is 31.3 Å². The van der Waals surface area contributed by atoms with Gasteiger partial charge in [0.25, 0.3) is 5.91 Å². The summed E-state index contributed by atoms with van der Waals surface area (Å²) in [4.78, 5) is 17.4. The number of nitrogens with one attached hydrogen (secondary N) is 1. The van der Waals surface area contributed by atoms with Crippen LogP contribution in [0.1, 0.15) is 36.0 Å². The van der Waals surface area contributed by atoms with Gasteiger partial charge in [-0.05, 0) is 25.0 Å². The van der Waals surface area contributed by atoms with Crippen LogP contribution in [0.25, 0.3) is 0 Å². The molecule has 2 aliphatic rings. The molecule has 0 unspecified atom stereocenters. The molecule has 4 nitrogen and oxygen atoms in total. The second-order valence-corrected chi connectivity index (χ2v) is 5.79. The maximum Gasteiger partial charge on any atom is 0.257 e. The van der Waals surface area contributed by atoms with Crippen molar-refractivity contribution < 1.29 is 9.53 Å². The molecule has 0 bridgehead atoms. The third-order valence-electron chi connectivity index (χ3n) is 4.10. The van der Waals surface area contributed by atoms with Crippen LogP contribution in [0.5, 0.6) is 0 Å². The molecule has 1 saturated carbocycles. The molecule has 2 heterocycles. The van der Waals surface area contributed by atoms with Gasteiger partial charge in [0.1, 0.15) is 4.64 Å². The molecule has 1 aromatic heterocycles. The highest BCUT2D eigenvalue weighted by atomic mass is 32.1. The van der Waals surface area contributed by atoms with Crippen molar-refractivity contribution in [3.8, 4) is 0 Å². The zero-order valence-corrected chi connectivity index (χ0v) is 11.7. The van der Waals surface area contributed by atoms with E-state index in [-0.39, 0.29) is 11.5 Å². The molecule has 0 aromatic carbocycles. The minimum atomic E-state index is -0.0893. The number of rotatable bonds is 1. The lowest BCUT2D eigenvalue weighted by molar-refractivity contribution is -0.0948. The van der Waals surface area contributed by atoms with Gasteiger partial charge in [0.2, 0.25) is 0 Å². The molecule has 1 aliphatic heterocycles. The maximum atomic E-state index is 12.5. The van der Waals surface area contributed by atoms with Crippen LogP contribution >= 0.6 is 12.2 Å². The fourth-order valence-electron chi connectivity index (χ4n) is 3.10. The third-order valence-corrected chi connectivity index (χ3v) is 4.44. The molecule has 1 spiro atoms. The first kappa shape index (κ1) is 12.8. The van der Waals surface area contributed by atoms with Crippen molar-refractivity contribution >= 4 is 18.1 Å². The van der Waals surface area contributed by atoms with E-state index < -0.39 is 0 Å². The van der Waals surface area contributed by atoms with E-state index in [4.69, 9.17) is 17.0 Å². The average molecular weight is 278 g/mol. The van der Waals surface area contributed by atoms with Crippen LogP contribution in [0.2, 0.25) is 0 Å². The summed E-state index contributed by atoms with van der Waals surface area (Å²) >= 11 is 5.19. The van der Waals surface area contributed by atoms with Gasteiger partial charge in [-0.3, -0.25) is 4.79 Å². The standard InChI is InChI=1S/C14H18N2O2S/c17-13(11-4-3-7-15-12(11)19)16-8-9-18-14(10-16)5-1-2-6-14/h3-4,7H,1-2,5-6,8-10H2,(H,15,19). The number of carbonyl (C=O) groups excluding carboxylic acids is 1.